The summed E-state index contributed by atoms with van der Waals surface area (Å²) in [5.74, 6) is 0. The van der Waals surface area contributed by atoms with Crippen molar-refractivity contribution in [2.75, 3.05) is 6.61 Å². The smallest absolute Gasteiger partial charge is 0.296 e. The van der Waals surface area contributed by atoms with Crippen LogP contribution in [0.2, 0.25) is 25.7 Å². The molecule has 0 amide bonds. The van der Waals surface area contributed by atoms with Gasteiger partial charge >= 0.3 is 0 Å². The van der Waals surface area contributed by atoms with Crippen molar-refractivity contribution in [1.29, 1.82) is 0 Å². The molecule has 2 heterocycles. The van der Waals surface area contributed by atoms with E-state index in [0.717, 1.165) is 29.1 Å². The standard InChI is InChI=1S/C13H20B3N2O3Si/c1-22(2,3)9-8-20-10-18-7-5-11-12(16(14)15-21-19)4-6-17-13(11)18/h4-7,19H,8-10H2,1-3H3. The molecule has 0 bridgehead atoms. The van der Waals surface area contributed by atoms with Crippen LogP contribution in [0.3, 0.4) is 0 Å². The fourth-order valence-corrected chi connectivity index (χ4v) is 2.94. The Morgan fingerprint density at radius 1 is 1.41 bits per heavy atom. The highest BCUT2D eigenvalue weighted by atomic mass is 28.3. The summed E-state index contributed by atoms with van der Waals surface area (Å²) in [6.45, 7) is 7.71. The van der Waals surface area contributed by atoms with E-state index >= 15 is 0 Å². The molecule has 113 valence electrons. The highest BCUT2D eigenvalue weighted by Gasteiger charge is 2.17. The molecule has 0 saturated carbocycles. The number of ether oxygens (including phenoxy) is 1. The van der Waals surface area contributed by atoms with E-state index in [4.69, 9.17) is 17.7 Å². The van der Waals surface area contributed by atoms with Gasteiger partial charge in [-0.2, -0.15) is 0 Å². The molecular weight excluding hydrogens is 293 g/mol. The van der Waals surface area contributed by atoms with Gasteiger partial charge in [-0.15, -0.1) is 0 Å². The first-order valence-corrected chi connectivity index (χ1v) is 11.0. The number of aromatic nitrogens is 2. The second-order valence-corrected chi connectivity index (χ2v) is 12.2. The summed E-state index contributed by atoms with van der Waals surface area (Å²) < 4.78 is 7.72. The molecule has 5 nitrogen and oxygen atoms in total. The summed E-state index contributed by atoms with van der Waals surface area (Å²) in [7, 11) is 6.05. The van der Waals surface area contributed by atoms with Crippen LogP contribution < -0.4 is 5.46 Å². The van der Waals surface area contributed by atoms with Gasteiger partial charge in [0.05, 0.1) is 0 Å². The van der Waals surface area contributed by atoms with E-state index in [1.807, 2.05) is 22.9 Å². The first-order chi connectivity index (χ1) is 10.4. The van der Waals surface area contributed by atoms with Gasteiger partial charge in [0.2, 0.25) is 0 Å². The van der Waals surface area contributed by atoms with E-state index in [9.17, 15) is 0 Å². The Morgan fingerprint density at radius 2 is 2.18 bits per heavy atom. The van der Waals surface area contributed by atoms with Gasteiger partial charge in [-0.1, -0.05) is 31.2 Å². The number of nitrogens with zero attached hydrogens (tertiary/aromatic N) is 2. The molecule has 1 N–H and O–H groups in total. The molecule has 0 atom stereocenters. The monoisotopic (exact) mass is 313 g/mol. The predicted molar refractivity (Wildman–Crippen MR) is 94.4 cm³/mol. The van der Waals surface area contributed by atoms with Crippen LogP contribution >= 0.6 is 0 Å². The van der Waals surface area contributed by atoms with Gasteiger partial charge in [0.15, 0.2) is 0 Å². The van der Waals surface area contributed by atoms with Crippen molar-refractivity contribution in [2.24, 2.45) is 0 Å². The minimum Gasteiger partial charge on any atom is -0.361 e. The number of hydrogen-bond donors (Lipinski definition) is 1. The molecule has 0 fully saturated rings. The minimum atomic E-state index is -1.07. The third-order valence-electron chi connectivity index (χ3n) is 3.49. The summed E-state index contributed by atoms with van der Waals surface area (Å²) in [4.78, 5) is 8.42. The van der Waals surface area contributed by atoms with Crippen LogP contribution in [0.25, 0.3) is 11.0 Å². The number of rotatable bonds is 8. The quantitative estimate of drug-likeness (QED) is 0.346. The summed E-state index contributed by atoms with van der Waals surface area (Å²) >= 11 is 0. The molecule has 9 heteroatoms. The Balaban J connectivity index is 2.08. The van der Waals surface area contributed by atoms with Gasteiger partial charge in [-0.3, -0.25) is 5.26 Å². The van der Waals surface area contributed by atoms with E-state index in [1.165, 1.54) is 7.37 Å². The minimum absolute atomic E-state index is 0.472. The summed E-state index contributed by atoms with van der Waals surface area (Å²) in [5, 5.41) is 9.44. The lowest BCUT2D eigenvalue weighted by atomic mass is 9.14. The van der Waals surface area contributed by atoms with Crippen LogP contribution in [-0.2, 0) is 16.3 Å². The van der Waals surface area contributed by atoms with Crippen molar-refractivity contribution < 1.29 is 14.8 Å². The van der Waals surface area contributed by atoms with Crippen LogP contribution in [0.4, 0.5) is 0 Å². The highest BCUT2D eigenvalue weighted by Crippen LogP contribution is 2.13. The van der Waals surface area contributed by atoms with Gasteiger partial charge in [-0.25, -0.2) is 4.98 Å². The van der Waals surface area contributed by atoms with Crippen molar-refractivity contribution in [3.05, 3.63) is 24.5 Å². The third-order valence-corrected chi connectivity index (χ3v) is 5.19. The maximum Gasteiger partial charge on any atom is 0.296 e. The van der Waals surface area contributed by atoms with E-state index in [1.54, 1.807) is 6.20 Å². The average Bonchev–Trinajstić information content (AvgIpc) is 2.86. The highest BCUT2D eigenvalue weighted by molar-refractivity contribution is 7.39. The fraction of sp³-hybridized carbons (Fsp3) is 0.462. The summed E-state index contributed by atoms with van der Waals surface area (Å²) in [6.07, 6.45) is 3.63. The van der Waals surface area contributed by atoms with Crippen LogP contribution in [-0.4, -0.2) is 51.1 Å². The Kier molecular flexibility index (Phi) is 5.91. The molecule has 0 aliphatic carbocycles. The van der Waals surface area contributed by atoms with Gasteiger partial charge in [-0.05, 0) is 12.1 Å². The van der Waals surface area contributed by atoms with Crippen molar-refractivity contribution >= 4 is 46.2 Å². The molecule has 2 rings (SSSR count). The zero-order valence-corrected chi connectivity index (χ0v) is 14.3. The van der Waals surface area contributed by atoms with Crippen LogP contribution in [0.15, 0.2) is 24.5 Å². The van der Waals surface area contributed by atoms with Gasteiger partial charge < -0.3 is 14.1 Å². The lowest BCUT2D eigenvalue weighted by Gasteiger charge is -2.15. The van der Waals surface area contributed by atoms with Crippen molar-refractivity contribution in [1.82, 2.24) is 9.55 Å². The SMILES string of the molecule is [B]B([B]OO)c1ccnc2c1ccn2COCC[Si](C)(C)C. The molecule has 2 aromatic heterocycles. The maximum absolute atomic E-state index is 8.51. The van der Waals surface area contributed by atoms with E-state index < -0.39 is 14.6 Å². The summed E-state index contributed by atoms with van der Waals surface area (Å²) in [5.41, 5.74) is 1.66. The van der Waals surface area contributed by atoms with Gasteiger partial charge in [0.1, 0.15) is 18.9 Å². The van der Waals surface area contributed by atoms with Gasteiger partial charge in [0, 0.05) is 40.2 Å². The lowest BCUT2D eigenvalue weighted by Crippen LogP contribution is -2.39. The van der Waals surface area contributed by atoms with E-state index in [-0.39, 0.29) is 0 Å². The van der Waals surface area contributed by atoms with Crippen molar-refractivity contribution in [2.45, 2.75) is 32.4 Å². The van der Waals surface area contributed by atoms with Crippen LogP contribution in [0.1, 0.15) is 0 Å². The number of fused-ring (bicyclic) bond motifs is 1. The maximum atomic E-state index is 8.51. The third kappa shape index (κ3) is 4.49. The molecule has 0 aliphatic heterocycles. The number of pyridine rings is 1. The van der Waals surface area contributed by atoms with Crippen molar-refractivity contribution in [3.8, 4) is 0 Å². The first-order valence-electron chi connectivity index (χ1n) is 7.33. The molecule has 22 heavy (non-hydrogen) atoms. The average molecular weight is 313 g/mol. The van der Waals surface area contributed by atoms with Crippen LogP contribution in [0, 0.1) is 0 Å². The summed E-state index contributed by atoms with van der Waals surface area (Å²) in [6, 6.07) is 4.90. The Morgan fingerprint density at radius 3 is 2.86 bits per heavy atom. The van der Waals surface area contributed by atoms with Crippen molar-refractivity contribution in [3.63, 3.8) is 0 Å². The topological polar surface area (TPSA) is 56.5 Å². The molecule has 3 radical (unpaired) electrons. The normalized spacial score (nSPS) is 11.8. The van der Waals surface area contributed by atoms with Gasteiger partial charge in [0.25, 0.3) is 7.37 Å². The Bertz CT molecular complexity index is 618. The zero-order valence-electron chi connectivity index (χ0n) is 13.3. The lowest BCUT2D eigenvalue weighted by molar-refractivity contribution is -0.134. The second kappa shape index (κ2) is 7.50. The largest absolute Gasteiger partial charge is 0.361 e. The second-order valence-electron chi connectivity index (χ2n) is 6.54. The molecule has 0 aromatic carbocycles. The molecule has 0 unspecified atom stereocenters. The zero-order chi connectivity index (χ0) is 16.2. The molecular formula is C13H20B3N2O3Si. The molecule has 0 aliphatic rings. The number of hydrogen-bond acceptors (Lipinski definition) is 4. The molecule has 0 saturated heterocycles. The van der Waals surface area contributed by atoms with E-state index in [2.05, 4.69) is 29.4 Å². The Labute approximate surface area is 134 Å². The van der Waals surface area contributed by atoms with Crippen LogP contribution in [0.5, 0.6) is 0 Å². The fourth-order valence-electron chi connectivity index (χ4n) is 2.19. The predicted octanol–water partition coefficient (Wildman–Crippen LogP) is 1.32. The Hall–Kier alpha value is -1.02. The van der Waals surface area contributed by atoms with E-state index in [0.29, 0.717) is 6.73 Å². The molecule has 2 aromatic rings. The molecule has 0 spiro atoms. The first kappa shape index (κ1) is 17.3.